The highest BCUT2D eigenvalue weighted by atomic mass is 31.1. The molecule has 0 aliphatic carbocycles. The third-order valence-electron chi connectivity index (χ3n) is 2.11. The Labute approximate surface area is 98.8 Å². The lowest BCUT2D eigenvalue weighted by molar-refractivity contribution is 0.202. The highest BCUT2D eigenvalue weighted by Gasteiger charge is 2.23. The van der Waals surface area contributed by atoms with Gasteiger partial charge in [0.2, 0.25) is 0 Å². The Morgan fingerprint density at radius 3 is 1.69 bits per heavy atom. The average molecular weight is 251 g/mol. The predicted molar refractivity (Wildman–Crippen MR) is 65.3 cm³/mol. The predicted octanol–water partition coefficient (Wildman–Crippen LogP) is 1.93. The Bertz CT molecular complexity index is 175. The quantitative estimate of drug-likeness (QED) is 0.579. The molecule has 0 aliphatic heterocycles. The van der Waals surface area contributed by atoms with Crippen molar-refractivity contribution in [2.45, 2.75) is 51.6 Å². The van der Waals surface area contributed by atoms with Gasteiger partial charge < -0.3 is 11.5 Å². The third-order valence-corrected chi connectivity index (χ3v) is 2.83. The van der Waals surface area contributed by atoms with Crippen LogP contribution in [0.1, 0.15) is 39.5 Å². The number of rotatable bonds is 10. The summed E-state index contributed by atoms with van der Waals surface area (Å²) in [6.07, 6.45) is 3.70. The van der Waals surface area contributed by atoms with Crippen LogP contribution in [0.15, 0.2) is 0 Å². The molecule has 0 aliphatic rings. The highest BCUT2D eigenvalue weighted by molar-refractivity contribution is 7.33. The van der Waals surface area contributed by atoms with E-state index in [2.05, 4.69) is 0 Å². The van der Waals surface area contributed by atoms with Crippen molar-refractivity contribution in [3.8, 4) is 0 Å². The van der Waals surface area contributed by atoms with E-state index in [9.17, 15) is 4.57 Å². The first kappa shape index (κ1) is 15.9. The maximum atomic E-state index is 11.3. The van der Waals surface area contributed by atoms with E-state index in [1.165, 1.54) is 0 Å². The fraction of sp³-hybridized carbons (Fsp3) is 1.00. The molecule has 0 aromatic rings. The van der Waals surface area contributed by atoms with Crippen LogP contribution in [0, 0.1) is 0 Å². The molecule has 0 aromatic heterocycles. The first-order chi connectivity index (χ1) is 7.60. The summed E-state index contributed by atoms with van der Waals surface area (Å²) in [5.41, 5.74) is 11.4. The summed E-state index contributed by atoms with van der Waals surface area (Å²) in [4.78, 5) is 0. The maximum absolute atomic E-state index is 11.3. The van der Waals surface area contributed by atoms with Gasteiger partial charge in [-0.3, -0.25) is 0 Å². The average Bonchev–Trinajstić information content (AvgIpc) is 2.24. The summed E-state index contributed by atoms with van der Waals surface area (Å²) in [5, 5.41) is 0. The largest absolute Gasteiger partial charge is 0.697 e. The zero-order valence-electron chi connectivity index (χ0n) is 10.2. The van der Waals surface area contributed by atoms with E-state index in [-0.39, 0.29) is 25.3 Å². The minimum Gasteiger partial charge on any atom is -0.326 e. The van der Waals surface area contributed by atoms with Crippen molar-refractivity contribution >= 4 is 8.25 Å². The van der Waals surface area contributed by atoms with Crippen LogP contribution in [-0.2, 0) is 13.6 Å². The standard InChI is InChI=1S/C10H24N2O3P/c1-3-5-9(11)7-14-16(13)15-8-10(12)6-4-2/h9-10H,3-8,11-12H2,1-2H3/q+1. The second kappa shape index (κ2) is 10.1. The number of hydrogen-bond donors (Lipinski definition) is 2. The second-order valence-electron chi connectivity index (χ2n) is 3.91. The maximum Gasteiger partial charge on any atom is 0.697 e. The molecule has 4 N–H and O–H groups in total. The first-order valence-electron chi connectivity index (χ1n) is 5.84. The fourth-order valence-corrected chi connectivity index (χ4v) is 1.96. The molecule has 0 saturated carbocycles. The van der Waals surface area contributed by atoms with Gasteiger partial charge >= 0.3 is 8.25 Å². The van der Waals surface area contributed by atoms with Crippen molar-refractivity contribution in [1.82, 2.24) is 0 Å². The number of nitrogens with two attached hydrogens (primary N) is 2. The van der Waals surface area contributed by atoms with Gasteiger partial charge in [-0.15, -0.1) is 9.05 Å². The molecular weight excluding hydrogens is 227 g/mol. The molecule has 16 heavy (non-hydrogen) atoms. The van der Waals surface area contributed by atoms with E-state index in [0.717, 1.165) is 25.7 Å². The van der Waals surface area contributed by atoms with E-state index in [4.69, 9.17) is 20.5 Å². The van der Waals surface area contributed by atoms with Crippen molar-refractivity contribution in [3.05, 3.63) is 0 Å². The van der Waals surface area contributed by atoms with Crippen LogP contribution in [0.5, 0.6) is 0 Å². The summed E-state index contributed by atoms with van der Waals surface area (Å²) in [7, 11) is -2.08. The normalized spacial score (nSPS) is 15.9. The van der Waals surface area contributed by atoms with Gasteiger partial charge in [-0.25, -0.2) is 0 Å². The van der Waals surface area contributed by atoms with E-state index in [0.29, 0.717) is 0 Å². The summed E-state index contributed by atoms with van der Waals surface area (Å²) in [6.45, 7) is 4.62. The molecular formula is C10H24N2O3P+. The van der Waals surface area contributed by atoms with Gasteiger partial charge in [-0.1, -0.05) is 26.7 Å². The molecule has 0 spiro atoms. The zero-order chi connectivity index (χ0) is 12.4. The van der Waals surface area contributed by atoms with Crippen LogP contribution >= 0.6 is 8.25 Å². The summed E-state index contributed by atoms with van der Waals surface area (Å²) >= 11 is 0. The fourth-order valence-electron chi connectivity index (χ4n) is 1.26. The van der Waals surface area contributed by atoms with E-state index in [1.807, 2.05) is 13.8 Å². The van der Waals surface area contributed by atoms with E-state index in [1.54, 1.807) is 0 Å². The molecule has 0 amide bonds. The third kappa shape index (κ3) is 9.19. The topological polar surface area (TPSA) is 87.6 Å². The molecule has 0 saturated heterocycles. The minimum absolute atomic E-state index is 0.0723. The summed E-state index contributed by atoms with van der Waals surface area (Å²) in [5.74, 6) is 0. The smallest absolute Gasteiger partial charge is 0.326 e. The van der Waals surface area contributed by atoms with Crippen LogP contribution in [0.2, 0.25) is 0 Å². The van der Waals surface area contributed by atoms with Crippen LogP contribution in [-0.4, -0.2) is 25.3 Å². The van der Waals surface area contributed by atoms with Crippen LogP contribution in [0.25, 0.3) is 0 Å². The molecule has 0 bridgehead atoms. The zero-order valence-corrected chi connectivity index (χ0v) is 11.1. The van der Waals surface area contributed by atoms with Gasteiger partial charge in [0.15, 0.2) is 0 Å². The van der Waals surface area contributed by atoms with Gasteiger partial charge in [0, 0.05) is 16.6 Å². The molecule has 0 aromatic carbocycles. The van der Waals surface area contributed by atoms with Crippen molar-refractivity contribution in [3.63, 3.8) is 0 Å². The lowest BCUT2D eigenvalue weighted by Gasteiger charge is -2.05. The molecule has 0 fully saturated rings. The molecule has 0 rings (SSSR count). The Morgan fingerprint density at radius 1 is 1.00 bits per heavy atom. The minimum atomic E-state index is -2.08. The monoisotopic (exact) mass is 251 g/mol. The van der Waals surface area contributed by atoms with Crippen molar-refractivity contribution < 1.29 is 13.6 Å². The molecule has 0 radical (unpaired) electrons. The van der Waals surface area contributed by atoms with Gasteiger partial charge in [-0.2, -0.15) is 0 Å². The Balaban J connectivity index is 3.51. The van der Waals surface area contributed by atoms with Gasteiger partial charge in [0.05, 0.1) is 0 Å². The summed E-state index contributed by atoms with van der Waals surface area (Å²) in [6, 6.07) is -0.145. The van der Waals surface area contributed by atoms with Gasteiger partial charge in [0.1, 0.15) is 13.2 Å². The highest BCUT2D eigenvalue weighted by Crippen LogP contribution is 2.24. The Morgan fingerprint density at radius 2 is 1.38 bits per heavy atom. The lowest BCUT2D eigenvalue weighted by atomic mass is 10.2. The molecule has 0 heterocycles. The molecule has 5 nitrogen and oxygen atoms in total. The van der Waals surface area contributed by atoms with Crippen LogP contribution < -0.4 is 11.5 Å². The van der Waals surface area contributed by atoms with E-state index >= 15 is 0 Å². The van der Waals surface area contributed by atoms with Gasteiger partial charge in [-0.05, 0) is 12.8 Å². The van der Waals surface area contributed by atoms with Gasteiger partial charge in [0.25, 0.3) is 0 Å². The molecule has 96 valence electrons. The number of hydrogen-bond acceptors (Lipinski definition) is 5. The van der Waals surface area contributed by atoms with Crippen LogP contribution in [0.4, 0.5) is 0 Å². The van der Waals surface area contributed by atoms with Crippen molar-refractivity contribution in [2.75, 3.05) is 13.2 Å². The molecule has 6 heteroatoms. The molecule has 2 unspecified atom stereocenters. The van der Waals surface area contributed by atoms with Crippen molar-refractivity contribution in [2.24, 2.45) is 11.5 Å². The first-order valence-corrected chi connectivity index (χ1v) is 6.93. The Hall–Kier alpha value is -0.0600. The molecule has 2 atom stereocenters. The lowest BCUT2D eigenvalue weighted by Crippen LogP contribution is -2.26. The second-order valence-corrected chi connectivity index (χ2v) is 4.88. The van der Waals surface area contributed by atoms with Crippen molar-refractivity contribution in [1.29, 1.82) is 0 Å². The summed E-state index contributed by atoms with van der Waals surface area (Å²) < 4.78 is 21.2. The van der Waals surface area contributed by atoms with E-state index < -0.39 is 8.25 Å². The Kier molecular flexibility index (Phi) is 10.1. The van der Waals surface area contributed by atoms with Crippen LogP contribution in [0.3, 0.4) is 0 Å². The SMILES string of the molecule is CCCC(N)CO[P+](=O)OCC(N)CCC.